The number of aliphatic hydroxyl groups excluding tert-OH is 1. The van der Waals surface area contributed by atoms with Gasteiger partial charge in [0.05, 0.1) is 24.0 Å². The van der Waals surface area contributed by atoms with Gasteiger partial charge in [-0.25, -0.2) is 15.0 Å². The first-order chi connectivity index (χ1) is 18.1. The van der Waals surface area contributed by atoms with E-state index in [2.05, 4.69) is 25.0 Å². The number of carbonyl (C=O) groups is 1. The Morgan fingerprint density at radius 2 is 2.13 bits per heavy atom. The summed E-state index contributed by atoms with van der Waals surface area (Å²) in [5, 5.41) is 14.3. The molecule has 3 aromatic rings. The third-order valence-corrected chi connectivity index (χ3v) is 8.81. The van der Waals surface area contributed by atoms with E-state index in [0.717, 1.165) is 22.4 Å². The minimum Gasteiger partial charge on any atom is -0.390 e. The summed E-state index contributed by atoms with van der Waals surface area (Å²) in [4.78, 5) is 27.3. The van der Waals surface area contributed by atoms with Crippen molar-refractivity contribution in [1.82, 2.24) is 19.7 Å². The predicted octanol–water partition coefficient (Wildman–Crippen LogP) is 2.57. The molecule has 0 saturated heterocycles. The van der Waals surface area contributed by atoms with Crippen molar-refractivity contribution in [2.45, 2.75) is 50.5 Å². The summed E-state index contributed by atoms with van der Waals surface area (Å²) in [6.07, 6.45) is 1.53. The molecule has 0 spiro atoms. The van der Waals surface area contributed by atoms with E-state index >= 15 is 0 Å². The Bertz CT molecular complexity index is 1470. The molecule has 11 nitrogen and oxygen atoms in total. The molecule has 2 aliphatic rings. The van der Waals surface area contributed by atoms with Gasteiger partial charge in [0.2, 0.25) is 5.78 Å². The average molecular weight is 580 g/mol. The van der Waals surface area contributed by atoms with Gasteiger partial charge in [0.1, 0.15) is 24.4 Å². The van der Waals surface area contributed by atoms with Gasteiger partial charge in [-0.15, -0.1) is 11.3 Å². The van der Waals surface area contributed by atoms with E-state index in [0.29, 0.717) is 17.3 Å². The van der Waals surface area contributed by atoms with Crippen molar-refractivity contribution >= 4 is 44.8 Å². The molecule has 202 valence electrons. The minimum absolute atomic E-state index is 0.196. The number of anilines is 1. The van der Waals surface area contributed by atoms with Crippen LogP contribution in [0.4, 0.5) is 5.82 Å². The summed E-state index contributed by atoms with van der Waals surface area (Å²) in [5.74, 6) is -0.0987. The Hall–Kier alpha value is -2.52. The lowest BCUT2D eigenvalue weighted by Crippen LogP contribution is -2.31. The van der Waals surface area contributed by atoms with Crippen LogP contribution in [0.2, 0.25) is 5.02 Å². The van der Waals surface area contributed by atoms with Crippen molar-refractivity contribution < 1.29 is 27.2 Å². The molecule has 1 aromatic carbocycles. The SMILES string of the molecule is CNS(=O)(=O)O[C@@H]1C[C@H](Nc2ncncc2C(=O)c2nc([C@H]3OCCc4ccc(Cl)cc43)c(C)s2)C[C@@H]1O. The number of aromatic nitrogens is 3. The molecule has 2 aromatic heterocycles. The number of hydrogen-bond donors (Lipinski definition) is 3. The summed E-state index contributed by atoms with van der Waals surface area (Å²) in [6, 6.07) is 5.34. The summed E-state index contributed by atoms with van der Waals surface area (Å²) in [7, 11) is -2.74. The highest BCUT2D eigenvalue weighted by atomic mass is 35.5. The van der Waals surface area contributed by atoms with Gasteiger partial charge in [0, 0.05) is 29.2 Å². The number of hydrogen-bond acceptors (Lipinski definition) is 11. The third-order valence-electron chi connectivity index (χ3n) is 6.59. The van der Waals surface area contributed by atoms with E-state index in [-0.39, 0.29) is 41.1 Å². The lowest BCUT2D eigenvalue weighted by Gasteiger charge is -2.25. The maximum atomic E-state index is 13.5. The summed E-state index contributed by atoms with van der Waals surface area (Å²) in [5.41, 5.74) is 2.95. The average Bonchev–Trinajstić information content (AvgIpc) is 3.44. The van der Waals surface area contributed by atoms with Gasteiger partial charge >= 0.3 is 10.3 Å². The molecule has 0 bridgehead atoms. The van der Waals surface area contributed by atoms with E-state index in [4.69, 9.17) is 20.5 Å². The topological polar surface area (TPSA) is 153 Å². The molecular weight excluding hydrogens is 554 g/mol. The second kappa shape index (κ2) is 10.9. The molecule has 1 aliphatic heterocycles. The quantitative estimate of drug-likeness (QED) is 0.339. The third kappa shape index (κ3) is 5.59. The molecule has 38 heavy (non-hydrogen) atoms. The van der Waals surface area contributed by atoms with Crippen molar-refractivity contribution in [2.24, 2.45) is 0 Å². The van der Waals surface area contributed by atoms with Gasteiger partial charge in [-0.2, -0.15) is 13.1 Å². The molecule has 5 rings (SSSR count). The molecular formula is C24H26ClN5O6S2. The van der Waals surface area contributed by atoms with Crippen LogP contribution in [0.15, 0.2) is 30.7 Å². The van der Waals surface area contributed by atoms with Crippen LogP contribution in [0.25, 0.3) is 0 Å². The Labute approximate surface area is 228 Å². The van der Waals surface area contributed by atoms with Gasteiger partial charge in [-0.1, -0.05) is 17.7 Å². The summed E-state index contributed by atoms with van der Waals surface area (Å²) >= 11 is 7.50. The number of thiazole rings is 1. The minimum atomic E-state index is -3.96. The van der Waals surface area contributed by atoms with Crippen molar-refractivity contribution in [3.63, 3.8) is 0 Å². The number of aliphatic hydroxyl groups is 1. The summed E-state index contributed by atoms with van der Waals surface area (Å²) in [6.45, 7) is 2.43. The first-order valence-electron chi connectivity index (χ1n) is 11.9. The summed E-state index contributed by atoms with van der Waals surface area (Å²) < 4.78 is 36.6. The number of aryl methyl sites for hydroxylation is 1. The van der Waals surface area contributed by atoms with Crippen LogP contribution in [0, 0.1) is 6.92 Å². The maximum absolute atomic E-state index is 13.5. The fourth-order valence-electron chi connectivity index (χ4n) is 4.72. The van der Waals surface area contributed by atoms with Gasteiger partial charge < -0.3 is 15.2 Å². The number of rotatable bonds is 8. The molecule has 1 saturated carbocycles. The lowest BCUT2D eigenvalue weighted by molar-refractivity contribution is 0.0636. The number of benzene rings is 1. The van der Waals surface area contributed by atoms with E-state index in [1.807, 2.05) is 25.1 Å². The standard InChI is InChI=1S/C24H26ClN5O6S2/c1-12-20(22-16-7-14(25)4-3-13(16)5-6-35-22)30-24(37-12)21(32)17-10-27-11-28-23(17)29-15-8-18(31)19(9-15)36-38(33,34)26-2/h3-4,7,10-11,15,18-19,22,26,31H,5-6,8-9H2,1-2H3,(H,27,28,29)/t15-,18+,19-,22+/m1/s1. The first kappa shape index (κ1) is 27.1. The van der Waals surface area contributed by atoms with Crippen molar-refractivity contribution in [2.75, 3.05) is 19.0 Å². The number of ether oxygens (including phenoxy) is 1. The fourth-order valence-corrected chi connectivity index (χ4v) is 6.42. The largest absolute Gasteiger partial charge is 0.390 e. The first-order valence-corrected chi connectivity index (χ1v) is 14.5. The van der Waals surface area contributed by atoms with Gasteiger partial charge in [0.25, 0.3) is 0 Å². The Balaban J connectivity index is 1.37. The van der Waals surface area contributed by atoms with Crippen LogP contribution in [-0.2, 0) is 25.6 Å². The number of fused-ring (bicyclic) bond motifs is 1. The highest BCUT2D eigenvalue weighted by Crippen LogP contribution is 2.37. The van der Waals surface area contributed by atoms with E-state index < -0.39 is 28.6 Å². The molecule has 0 radical (unpaired) electrons. The molecule has 3 heterocycles. The van der Waals surface area contributed by atoms with Crippen molar-refractivity contribution in [3.05, 3.63) is 68.0 Å². The number of ketones is 1. The smallest absolute Gasteiger partial charge is 0.335 e. The van der Waals surface area contributed by atoms with E-state index in [1.54, 1.807) is 0 Å². The second-order valence-corrected chi connectivity index (χ2v) is 12.2. The second-order valence-electron chi connectivity index (χ2n) is 9.09. The number of halogens is 1. The number of nitrogens with zero attached hydrogens (tertiary/aromatic N) is 3. The lowest BCUT2D eigenvalue weighted by atomic mass is 9.95. The van der Waals surface area contributed by atoms with Gasteiger partial charge in [-0.3, -0.25) is 8.98 Å². The predicted molar refractivity (Wildman–Crippen MR) is 141 cm³/mol. The Morgan fingerprint density at radius 3 is 2.92 bits per heavy atom. The van der Waals surface area contributed by atoms with Crippen molar-refractivity contribution in [1.29, 1.82) is 0 Å². The van der Waals surface area contributed by atoms with Gasteiger partial charge in [0.15, 0.2) is 5.01 Å². The molecule has 4 atom stereocenters. The van der Waals surface area contributed by atoms with Crippen LogP contribution in [-0.4, -0.2) is 66.2 Å². The fraction of sp³-hybridized carbons (Fsp3) is 0.417. The zero-order valence-electron chi connectivity index (χ0n) is 20.5. The molecule has 3 N–H and O–H groups in total. The Kier molecular flexibility index (Phi) is 7.78. The van der Waals surface area contributed by atoms with Crippen LogP contribution in [0.3, 0.4) is 0 Å². The molecule has 1 aliphatic carbocycles. The maximum Gasteiger partial charge on any atom is 0.335 e. The van der Waals surface area contributed by atoms with E-state index in [1.165, 1.54) is 30.9 Å². The molecule has 1 fully saturated rings. The van der Waals surface area contributed by atoms with Crippen molar-refractivity contribution in [3.8, 4) is 0 Å². The molecule has 0 amide bonds. The molecule has 14 heteroatoms. The Morgan fingerprint density at radius 1 is 1.32 bits per heavy atom. The zero-order chi connectivity index (χ0) is 27.0. The highest BCUT2D eigenvalue weighted by Gasteiger charge is 2.37. The number of nitrogens with one attached hydrogen (secondary N) is 2. The van der Waals surface area contributed by atoms with Crippen LogP contribution in [0.1, 0.15) is 56.0 Å². The molecule has 0 unspecified atom stereocenters. The van der Waals surface area contributed by atoms with Gasteiger partial charge in [-0.05, 0) is 49.4 Å². The number of carbonyl (C=O) groups excluding carboxylic acids is 1. The van der Waals surface area contributed by atoms with Crippen LogP contribution in [0.5, 0.6) is 0 Å². The monoisotopic (exact) mass is 579 g/mol. The van der Waals surface area contributed by atoms with Crippen LogP contribution < -0.4 is 10.0 Å². The highest BCUT2D eigenvalue weighted by molar-refractivity contribution is 7.84. The zero-order valence-corrected chi connectivity index (χ0v) is 22.9. The van der Waals surface area contributed by atoms with E-state index in [9.17, 15) is 18.3 Å². The van der Waals surface area contributed by atoms with Crippen LogP contribution >= 0.6 is 22.9 Å². The normalized spacial score (nSPS) is 23.3.